The van der Waals surface area contributed by atoms with Crippen LogP contribution >= 0.6 is 0 Å². The molecule has 1 heterocycles. The third-order valence-corrected chi connectivity index (χ3v) is 4.55. The Kier molecular flexibility index (Phi) is 4.26. The number of rotatable bonds is 4. The minimum atomic E-state index is -0.861. The Bertz CT molecular complexity index is 367. The summed E-state index contributed by atoms with van der Waals surface area (Å²) >= 11 is 0. The van der Waals surface area contributed by atoms with Gasteiger partial charge in [0.25, 0.3) is 0 Å². The predicted molar refractivity (Wildman–Crippen MR) is 67.6 cm³/mol. The van der Waals surface area contributed by atoms with Gasteiger partial charge in [-0.3, -0.25) is 9.59 Å². The standard InChI is InChI=1S/C14H22O5/c1-3-18-13-8-9(7-12(16)17)14(2)10(15)5-4-6-11(14)19-13/h9,11,13H,3-8H2,1-2H3,(H,16,17)/t9-,11-,13?,14+/m0/s1. The van der Waals surface area contributed by atoms with Crippen molar-refractivity contribution in [3.63, 3.8) is 0 Å². The van der Waals surface area contributed by atoms with Gasteiger partial charge < -0.3 is 14.6 Å². The first-order valence-electron chi connectivity index (χ1n) is 7.00. The number of hydrogen-bond donors (Lipinski definition) is 1. The van der Waals surface area contributed by atoms with E-state index < -0.39 is 11.4 Å². The molecule has 1 aliphatic carbocycles. The number of hydrogen-bond acceptors (Lipinski definition) is 4. The van der Waals surface area contributed by atoms with Gasteiger partial charge in [0.1, 0.15) is 5.78 Å². The normalized spacial score (nSPS) is 38.8. The number of fused-ring (bicyclic) bond motifs is 1. The molecule has 2 rings (SSSR count). The van der Waals surface area contributed by atoms with Crippen LogP contribution in [-0.4, -0.2) is 35.9 Å². The van der Waals surface area contributed by atoms with Crippen molar-refractivity contribution in [1.29, 1.82) is 0 Å². The molecule has 1 unspecified atom stereocenters. The summed E-state index contributed by atoms with van der Waals surface area (Å²) in [5.74, 6) is -0.918. The molecule has 1 saturated carbocycles. The summed E-state index contributed by atoms with van der Waals surface area (Å²) in [7, 11) is 0. The average Bonchev–Trinajstić information content (AvgIpc) is 2.33. The lowest BCUT2D eigenvalue weighted by Gasteiger charge is -2.50. The third-order valence-electron chi connectivity index (χ3n) is 4.55. The molecule has 2 aliphatic rings. The third kappa shape index (κ3) is 2.67. The van der Waals surface area contributed by atoms with E-state index in [1.807, 2.05) is 13.8 Å². The average molecular weight is 270 g/mol. The van der Waals surface area contributed by atoms with Crippen LogP contribution in [-0.2, 0) is 19.1 Å². The first-order valence-corrected chi connectivity index (χ1v) is 7.00. The number of ether oxygens (including phenoxy) is 2. The molecule has 2 fully saturated rings. The maximum atomic E-state index is 12.3. The highest BCUT2D eigenvalue weighted by molar-refractivity contribution is 5.87. The van der Waals surface area contributed by atoms with Crippen LogP contribution in [0.5, 0.6) is 0 Å². The van der Waals surface area contributed by atoms with Crippen LogP contribution in [0.2, 0.25) is 0 Å². The van der Waals surface area contributed by atoms with Crippen LogP contribution in [0.3, 0.4) is 0 Å². The lowest BCUT2D eigenvalue weighted by atomic mass is 9.61. The smallest absolute Gasteiger partial charge is 0.303 e. The first-order chi connectivity index (χ1) is 8.98. The lowest BCUT2D eigenvalue weighted by molar-refractivity contribution is -0.249. The van der Waals surface area contributed by atoms with Gasteiger partial charge in [-0.1, -0.05) is 0 Å². The minimum Gasteiger partial charge on any atom is -0.481 e. The molecule has 1 saturated heterocycles. The summed E-state index contributed by atoms with van der Waals surface area (Å²) in [6, 6.07) is 0. The topological polar surface area (TPSA) is 72.8 Å². The number of Topliss-reactive ketones (excluding diaryl/α,β-unsaturated/α-hetero) is 1. The van der Waals surface area contributed by atoms with Gasteiger partial charge in [0.15, 0.2) is 6.29 Å². The highest BCUT2D eigenvalue weighted by Crippen LogP contribution is 2.49. The molecule has 0 spiro atoms. The van der Waals surface area contributed by atoms with Gasteiger partial charge in [-0.05, 0) is 32.6 Å². The molecule has 0 amide bonds. The molecular weight excluding hydrogens is 248 g/mol. The van der Waals surface area contributed by atoms with Gasteiger partial charge in [0.2, 0.25) is 0 Å². The Morgan fingerprint density at radius 3 is 2.95 bits per heavy atom. The number of carboxylic acid groups (broad SMARTS) is 1. The Balaban J connectivity index is 2.23. The fourth-order valence-electron chi connectivity index (χ4n) is 3.41. The molecule has 0 aromatic carbocycles. The van der Waals surface area contributed by atoms with Gasteiger partial charge in [-0.2, -0.15) is 0 Å². The zero-order valence-corrected chi connectivity index (χ0v) is 11.6. The van der Waals surface area contributed by atoms with Crippen molar-refractivity contribution < 1.29 is 24.2 Å². The number of carbonyl (C=O) groups excluding carboxylic acids is 1. The molecule has 1 N–H and O–H groups in total. The molecule has 0 aromatic rings. The second-order valence-corrected chi connectivity index (χ2v) is 5.64. The molecule has 0 aromatic heterocycles. The molecular formula is C14H22O5. The maximum absolute atomic E-state index is 12.3. The van der Waals surface area contributed by atoms with E-state index in [4.69, 9.17) is 14.6 Å². The van der Waals surface area contributed by atoms with Crippen molar-refractivity contribution in [3.8, 4) is 0 Å². The molecule has 5 nitrogen and oxygen atoms in total. The van der Waals surface area contributed by atoms with E-state index >= 15 is 0 Å². The summed E-state index contributed by atoms with van der Waals surface area (Å²) in [6.07, 6.45) is 2.07. The fraction of sp³-hybridized carbons (Fsp3) is 0.857. The summed E-state index contributed by atoms with van der Waals surface area (Å²) in [6.45, 7) is 4.28. The van der Waals surface area contributed by atoms with Crippen molar-refractivity contribution in [2.45, 2.75) is 58.3 Å². The second-order valence-electron chi connectivity index (χ2n) is 5.64. The van der Waals surface area contributed by atoms with Crippen molar-refractivity contribution in [3.05, 3.63) is 0 Å². The van der Waals surface area contributed by atoms with Crippen molar-refractivity contribution >= 4 is 11.8 Å². The van der Waals surface area contributed by atoms with E-state index in [1.54, 1.807) is 0 Å². The van der Waals surface area contributed by atoms with Crippen molar-refractivity contribution in [2.75, 3.05) is 6.61 Å². The van der Waals surface area contributed by atoms with Crippen LogP contribution in [0, 0.1) is 11.3 Å². The largest absolute Gasteiger partial charge is 0.481 e. The van der Waals surface area contributed by atoms with E-state index in [-0.39, 0.29) is 30.5 Å². The Hall–Kier alpha value is -0.940. The Morgan fingerprint density at radius 1 is 1.58 bits per heavy atom. The number of aliphatic carboxylic acids is 1. The summed E-state index contributed by atoms with van der Waals surface area (Å²) in [4.78, 5) is 23.4. The number of ketones is 1. The zero-order valence-electron chi connectivity index (χ0n) is 11.6. The van der Waals surface area contributed by atoms with Gasteiger partial charge in [0, 0.05) is 25.9 Å². The molecule has 0 bridgehead atoms. The van der Waals surface area contributed by atoms with E-state index in [1.165, 1.54) is 0 Å². The maximum Gasteiger partial charge on any atom is 0.303 e. The monoisotopic (exact) mass is 270 g/mol. The van der Waals surface area contributed by atoms with E-state index in [2.05, 4.69) is 0 Å². The molecule has 108 valence electrons. The van der Waals surface area contributed by atoms with Crippen LogP contribution in [0.25, 0.3) is 0 Å². The van der Waals surface area contributed by atoms with E-state index in [0.29, 0.717) is 19.4 Å². The number of carboxylic acids is 1. The van der Waals surface area contributed by atoms with Crippen LogP contribution < -0.4 is 0 Å². The SMILES string of the molecule is CCOC1C[C@H](CC(=O)O)[C@]2(C)C(=O)CCC[C@@H]2O1. The van der Waals surface area contributed by atoms with Gasteiger partial charge in [0.05, 0.1) is 11.5 Å². The van der Waals surface area contributed by atoms with Gasteiger partial charge >= 0.3 is 5.97 Å². The summed E-state index contributed by atoms with van der Waals surface area (Å²) in [5, 5.41) is 9.08. The minimum absolute atomic E-state index is 0.00563. The van der Waals surface area contributed by atoms with Crippen molar-refractivity contribution in [2.24, 2.45) is 11.3 Å². The molecule has 0 radical (unpaired) electrons. The molecule has 1 aliphatic heterocycles. The highest BCUT2D eigenvalue weighted by Gasteiger charge is 2.54. The number of carbonyl (C=O) groups is 2. The summed E-state index contributed by atoms with van der Waals surface area (Å²) < 4.78 is 11.4. The van der Waals surface area contributed by atoms with E-state index in [0.717, 1.165) is 12.8 Å². The van der Waals surface area contributed by atoms with Gasteiger partial charge in [-0.15, -0.1) is 0 Å². The predicted octanol–water partition coefficient (Wildman–Crippen LogP) is 1.99. The molecule has 5 heteroatoms. The first kappa shape index (κ1) is 14.5. The molecule has 19 heavy (non-hydrogen) atoms. The van der Waals surface area contributed by atoms with Crippen molar-refractivity contribution in [1.82, 2.24) is 0 Å². The quantitative estimate of drug-likeness (QED) is 0.845. The zero-order chi connectivity index (χ0) is 14.0. The fourth-order valence-corrected chi connectivity index (χ4v) is 3.41. The van der Waals surface area contributed by atoms with E-state index in [9.17, 15) is 9.59 Å². The van der Waals surface area contributed by atoms with Crippen LogP contribution in [0.15, 0.2) is 0 Å². The Labute approximate surface area is 113 Å². The lowest BCUT2D eigenvalue weighted by Crippen LogP contribution is -2.56. The van der Waals surface area contributed by atoms with Crippen LogP contribution in [0.1, 0.15) is 46.0 Å². The highest BCUT2D eigenvalue weighted by atomic mass is 16.7. The van der Waals surface area contributed by atoms with Gasteiger partial charge in [-0.25, -0.2) is 0 Å². The Morgan fingerprint density at radius 2 is 2.32 bits per heavy atom. The summed E-state index contributed by atoms with van der Waals surface area (Å²) in [5.41, 5.74) is -0.662. The molecule has 4 atom stereocenters. The van der Waals surface area contributed by atoms with Crippen LogP contribution in [0.4, 0.5) is 0 Å². The second kappa shape index (κ2) is 5.59.